The smallest absolute Gasteiger partial charge is 0.349 e. The third kappa shape index (κ3) is 4.28. The highest BCUT2D eigenvalue weighted by Crippen LogP contribution is 2.30. The molecule has 0 saturated carbocycles. The van der Waals surface area contributed by atoms with E-state index in [0.29, 0.717) is 11.4 Å². The number of hydrogen-bond donors (Lipinski definition) is 0. The van der Waals surface area contributed by atoms with Gasteiger partial charge in [0, 0.05) is 18.5 Å². The van der Waals surface area contributed by atoms with Crippen LogP contribution in [0.5, 0.6) is 0 Å². The predicted octanol–water partition coefficient (Wildman–Crippen LogP) is 3.83. The maximum atomic E-state index is 12.5. The van der Waals surface area contributed by atoms with E-state index in [1.165, 1.54) is 34.6 Å². The lowest BCUT2D eigenvalue weighted by Crippen LogP contribution is -2.37. The lowest BCUT2D eigenvalue weighted by atomic mass is 9.99. The molecule has 1 amide bonds. The van der Waals surface area contributed by atoms with Crippen molar-refractivity contribution in [3.63, 3.8) is 0 Å². The molecule has 0 bridgehead atoms. The van der Waals surface area contributed by atoms with Crippen LogP contribution in [0.25, 0.3) is 0 Å². The first-order valence-corrected chi connectivity index (χ1v) is 9.47. The standard InChI is InChI=1S/C20H23NO3S/c1-14(19(22)21(2)13-15-8-4-3-5-9-15)24-20(23)18-12-16-10-6-7-11-17(16)25-18/h3-5,8-9,12,14H,6-7,10-11,13H2,1-2H3/t14-/m0/s1. The van der Waals surface area contributed by atoms with Crippen LogP contribution in [-0.2, 0) is 28.9 Å². The lowest BCUT2D eigenvalue weighted by molar-refractivity contribution is -0.139. The van der Waals surface area contributed by atoms with Gasteiger partial charge in [-0.25, -0.2) is 4.79 Å². The normalized spacial score (nSPS) is 14.5. The van der Waals surface area contributed by atoms with Crippen molar-refractivity contribution in [2.24, 2.45) is 0 Å². The number of carbonyl (C=O) groups excluding carboxylic acids is 2. The van der Waals surface area contributed by atoms with Crippen LogP contribution >= 0.6 is 11.3 Å². The number of carbonyl (C=O) groups is 2. The monoisotopic (exact) mass is 357 g/mol. The molecule has 1 aliphatic rings. The minimum absolute atomic E-state index is 0.196. The van der Waals surface area contributed by atoms with E-state index >= 15 is 0 Å². The summed E-state index contributed by atoms with van der Waals surface area (Å²) in [7, 11) is 1.73. The number of ether oxygens (including phenoxy) is 1. The molecule has 5 heteroatoms. The van der Waals surface area contributed by atoms with Crippen LogP contribution in [0.3, 0.4) is 0 Å². The molecule has 3 rings (SSSR count). The molecule has 1 heterocycles. The van der Waals surface area contributed by atoms with E-state index in [9.17, 15) is 9.59 Å². The molecule has 0 aliphatic heterocycles. The second kappa shape index (κ2) is 7.83. The van der Waals surface area contributed by atoms with Crippen LogP contribution in [0.4, 0.5) is 0 Å². The van der Waals surface area contributed by atoms with E-state index in [4.69, 9.17) is 4.74 Å². The van der Waals surface area contributed by atoms with Crippen molar-refractivity contribution >= 4 is 23.2 Å². The topological polar surface area (TPSA) is 46.6 Å². The molecule has 0 unspecified atom stereocenters. The predicted molar refractivity (Wildman–Crippen MR) is 98.8 cm³/mol. The minimum Gasteiger partial charge on any atom is -0.448 e. The fourth-order valence-corrected chi connectivity index (χ4v) is 4.24. The lowest BCUT2D eigenvalue weighted by Gasteiger charge is -2.21. The number of fused-ring (bicyclic) bond motifs is 1. The van der Waals surface area contributed by atoms with Gasteiger partial charge in [-0.1, -0.05) is 30.3 Å². The summed E-state index contributed by atoms with van der Waals surface area (Å²) in [6, 6.07) is 11.7. The van der Waals surface area contributed by atoms with E-state index in [0.717, 1.165) is 18.4 Å². The summed E-state index contributed by atoms with van der Waals surface area (Å²) in [6.07, 6.45) is 3.65. The third-order valence-corrected chi connectivity index (χ3v) is 5.69. The summed E-state index contributed by atoms with van der Waals surface area (Å²) in [6.45, 7) is 2.13. The molecule has 4 nitrogen and oxygen atoms in total. The van der Waals surface area contributed by atoms with Crippen molar-refractivity contribution in [2.75, 3.05) is 7.05 Å². The van der Waals surface area contributed by atoms with Crippen LogP contribution < -0.4 is 0 Å². The fourth-order valence-electron chi connectivity index (χ4n) is 3.11. The summed E-state index contributed by atoms with van der Waals surface area (Å²) < 4.78 is 5.42. The van der Waals surface area contributed by atoms with Gasteiger partial charge in [-0.3, -0.25) is 4.79 Å². The molecule has 1 aromatic carbocycles. The molecule has 132 valence electrons. The largest absolute Gasteiger partial charge is 0.448 e. The Hall–Kier alpha value is -2.14. The number of thiophene rings is 1. The van der Waals surface area contributed by atoms with Crippen molar-refractivity contribution in [2.45, 2.75) is 45.3 Å². The molecule has 1 atom stereocenters. The SMILES string of the molecule is C[C@H](OC(=O)c1cc2c(s1)CCCC2)C(=O)N(C)Cc1ccccc1. The van der Waals surface area contributed by atoms with Crippen LogP contribution in [0.2, 0.25) is 0 Å². The number of rotatable bonds is 5. The summed E-state index contributed by atoms with van der Waals surface area (Å²) in [5, 5.41) is 0. The molecular formula is C20H23NO3S. The van der Waals surface area contributed by atoms with Gasteiger partial charge in [0.15, 0.2) is 6.10 Å². The molecule has 0 spiro atoms. The number of nitrogens with zero attached hydrogens (tertiary/aromatic N) is 1. The van der Waals surface area contributed by atoms with Gasteiger partial charge >= 0.3 is 5.97 Å². The van der Waals surface area contributed by atoms with Crippen LogP contribution in [0, 0.1) is 0 Å². The fraction of sp³-hybridized carbons (Fsp3) is 0.400. The van der Waals surface area contributed by atoms with Crippen molar-refractivity contribution < 1.29 is 14.3 Å². The molecule has 25 heavy (non-hydrogen) atoms. The summed E-state index contributed by atoms with van der Waals surface area (Å²) in [5.74, 6) is -0.591. The van der Waals surface area contributed by atoms with Crippen molar-refractivity contribution in [3.8, 4) is 0 Å². The van der Waals surface area contributed by atoms with Crippen LogP contribution in [0.15, 0.2) is 36.4 Å². The molecular weight excluding hydrogens is 334 g/mol. The molecule has 1 aromatic heterocycles. The average Bonchev–Trinajstić information content (AvgIpc) is 3.06. The Morgan fingerprint density at radius 1 is 1.20 bits per heavy atom. The molecule has 1 aliphatic carbocycles. The van der Waals surface area contributed by atoms with E-state index < -0.39 is 12.1 Å². The van der Waals surface area contributed by atoms with Gasteiger partial charge in [-0.05, 0) is 49.8 Å². The number of aryl methyl sites for hydroxylation is 2. The second-order valence-corrected chi connectivity index (χ2v) is 7.63. The Balaban J connectivity index is 1.58. The quantitative estimate of drug-likeness (QED) is 0.764. The Morgan fingerprint density at radius 2 is 1.92 bits per heavy atom. The van der Waals surface area contributed by atoms with Gasteiger partial charge in [0.25, 0.3) is 5.91 Å². The Kier molecular flexibility index (Phi) is 5.53. The van der Waals surface area contributed by atoms with Gasteiger partial charge in [0.2, 0.25) is 0 Å². The van der Waals surface area contributed by atoms with Crippen molar-refractivity contribution in [1.82, 2.24) is 4.90 Å². The third-order valence-electron chi connectivity index (χ3n) is 4.47. The maximum absolute atomic E-state index is 12.5. The highest BCUT2D eigenvalue weighted by Gasteiger charge is 2.24. The van der Waals surface area contributed by atoms with Crippen molar-refractivity contribution in [1.29, 1.82) is 0 Å². The van der Waals surface area contributed by atoms with E-state index in [1.54, 1.807) is 18.9 Å². The molecule has 0 radical (unpaired) electrons. The van der Waals surface area contributed by atoms with Gasteiger partial charge in [-0.2, -0.15) is 0 Å². The van der Waals surface area contributed by atoms with E-state index in [2.05, 4.69) is 0 Å². The molecule has 0 N–H and O–H groups in total. The zero-order chi connectivity index (χ0) is 17.8. The highest BCUT2D eigenvalue weighted by atomic mass is 32.1. The number of benzene rings is 1. The highest BCUT2D eigenvalue weighted by molar-refractivity contribution is 7.14. The van der Waals surface area contributed by atoms with Gasteiger partial charge in [0.05, 0.1) is 0 Å². The zero-order valence-electron chi connectivity index (χ0n) is 14.7. The van der Waals surface area contributed by atoms with Crippen molar-refractivity contribution in [3.05, 3.63) is 57.3 Å². The molecule has 2 aromatic rings. The minimum atomic E-state index is -0.791. The second-order valence-electron chi connectivity index (χ2n) is 6.49. The maximum Gasteiger partial charge on any atom is 0.349 e. The Bertz CT molecular complexity index is 730. The van der Waals surface area contributed by atoms with Crippen LogP contribution in [0.1, 0.15) is 45.4 Å². The number of amides is 1. The number of esters is 1. The van der Waals surface area contributed by atoms with E-state index in [1.807, 2.05) is 36.4 Å². The summed E-state index contributed by atoms with van der Waals surface area (Å²) in [4.78, 5) is 28.3. The average molecular weight is 357 g/mol. The Morgan fingerprint density at radius 3 is 2.64 bits per heavy atom. The molecule has 0 fully saturated rings. The Labute approximate surface area is 152 Å². The first-order chi connectivity index (χ1) is 12.0. The first kappa shape index (κ1) is 17.7. The molecule has 0 saturated heterocycles. The number of hydrogen-bond acceptors (Lipinski definition) is 4. The van der Waals surface area contributed by atoms with Gasteiger partial charge in [0.1, 0.15) is 4.88 Å². The van der Waals surface area contributed by atoms with Crippen LogP contribution in [-0.4, -0.2) is 29.9 Å². The number of likely N-dealkylation sites (N-methyl/N-ethyl adjacent to an activating group) is 1. The van der Waals surface area contributed by atoms with E-state index in [-0.39, 0.29) is 5.91 Å². The zero-order valence-corrected chi connectivity index (χ0v) is 15.5. The summed E-state index contributed by atoms with van der Waals surface area (Å²) >= 11 is 1.51. The van der Waals surface area contributed by atoms with Gasteiger partial charge < -0.3 is 9.64 Å². The van der Waals surface area contributed by atoms with Gasteiger partial charge in [-0.15, -0.1) is 11.3 Å². The first-order valence-electron chi connectivity index (χ1n) is 8.66. The summed E-state index contributed by atoms with van der Waals surface area (Å²) in [5.41, 5.74) is 2.31.